The summed E-state index contributed by atoms with van der Waals surface area (Å²) in [5.74, 6) is 2.04. The van der Waals surface area contributed by atoms with Gasteiger partial charge in [0.25, 0.3) is 0 Å². The molecule has 2 fully saturated rings. The number of benzene rings is 4. The molecular weight excluding hydrogens is 491 g/mol. The molecule has 2 aliphatic heterocycles. The number of hydrogen-bond donors (Lipinski definition) is 2. The highest BCUT2D eigenvalue weighted by Crippen LogP contribution is 2.37. The van der Waals surface area contributed by atoms with Crippen molar-refractivity contribution in [1.29, 1.82) is 0 Å². The largest absolute Gasteiger partial charge is 0.345 e. The molecule has 4 aromatic carbocycles. The van der Waals surface area contributed by atoms with E-state index in [0.717, 1.165) is 66.1 Å². The van der Waals surface area contributed by atoms with Crippen molar-refractivity contribution in [1.82, 2.24) is 29.6 Å². The first-order valence-corrected chi connectivity index (χ1v) is 14.4. The van der Waals surface area contributed by atoms with E-state index in [1.54, 1.807) is 0 Å². The van der Waals surface area contributed by atoms with Crippen LogP contribution in [0.5, 0.6) is 0 Å². The number of hydrogen-bond acceptors (Lipinski definition) is 4. The van der Waals surface area contributed by atoms with Crippen molar-refractivity contribution in [3.05, 3.63) is 84.4 Å². The summed E-state index contributed by atoms with van der Waals surface area (Å²) in [7, 11) is 8.40. The number of imidazole rings is 2. The van der Waals surface area contributed by atoms with E-state index in [0.29, 0.717) is 6.04 Å². The topological polar surface area (TPSA) is 63.8 Å². The molecule has 0 spiro atoms. The molecule has 2 radical (unpaired) electrons. The Labute approximate surface area is 234 Å². The first-order chi connectivity index (χ1) is 19.6. The molecular formula is C33H31BN6. The highest BCUT2D eigenvalue weighted by atomic mass is 15.2. The Hall–Kier alpha value is -3.94. The molecule has 2 saturated heterocycles. The van der Waals surface area contributed by atoms with Crippen molar-refractivity contribution in [2.24, 2.45) is 0 Å². The van der Waals surface area contributed by atoms with E-state index >= 15 is 0 Å². The second-order valence-corrected chi connectivity index (χ2v) is 11.4. The van der Waals surface area contributed by atoms with Gasteiger partial charge in [-0.3, -0.25) is 4.90 Å². The lowest BCUT2D eigenvalue weighted by molar-refractivity contribution is 0.307. The Balaban J connectivity index is 1.19. The highest BCUT2D eigenvalue weighted by molar-refractivity contribution is 6.06. The van der Waals surface area contributed by atoms with Crippen molar-refractivity contribution in [2.45, 2.75) is 37.8 Å². The summed E-state index contributed by atoms with van der Waals surface area (Å²) >= 11 is 0. The van der Waals surface area contributed by atoms with Gasteiger partial charge in [0, 0.05) is 0 Å². The zero-order valence-electron chi connectivity index (χ0n) is 22.7. The number of rotatable bonds is 4. The predicted molar refractivity (Wildman–Crippen MR) is 163 cm³/mol. The molecule has 0 amide bonds. The van der Waals surface area contributed by atoms with Crippen LogP contribution in [0.2, 0.25) is 0 Å². The van der Waals surface area contributed by atoms with E-state index in [4.69, 9.17) is 17.9 Å². The number of aromatic amines is 2. The third-order valence-electron chi connectivity index (χ3n) is 8.99. The molecule has 4 heterocycles. The molecule has 0 aliphatic carbocycles. The van der Waals surface area contributed by atoms with Crippen LogP contribution in [0.4, 0.5) is 0 Å². The minimum atomic E-state index is 0.165. The molecule has 2 atom stereocenters. The minimum absolute atomic E-state index is 0.165. The van der Waals surface area contributed by atoms with Gasteiger partial charge in [-0.25, -0.2) is 9.97 Å². The maximum atomic E-state index is 6.21. The molecule has 40 heavy (non-hydrogen) atoms. The average Bonchev–Trinajstić information content (AvgIpc) is 3.77. The number of likely N-dealkylation sites (tertiary alicyclic amines) is 1. The van der Waals surface area contributed by atoms with Crippen LogP contribution in [0.15, 0.2) is 72.8 Å². The molecule has 196 valence electrons. The molecule has 2 N–H and O–H groups in total. The van der Waals surface area contributed by atoms with Gasteiger partial charge in [0.05, 0.1) is 34.2 Å². The van der Waals surface area contributed by atoms with E-state index in [2.05, 4.69) is 94.7 Å². The number of fused-ring (bicyclic) bond motifs is 3. The van der Waals surface area contributed by atoms with Gasteiger partial charge in [0.15, 0.2) is 7.98 Å². The predicted octanol–water partition coefficient (Wildman–Crippen LogP) is 6.91. The van der Waals surface area contributed by atoms with Crippen LogP contribution in [-0.4, -0.2) is 57.8 Å². The Bertz CT molecular complexity index is 1750. The molecule has 0 bridgehead atoms. The molecule has 6 aromatic rings. The molecule has 8 rings (SSSR count). The summed E-state index contributed by atoms with van der Waals surface area (Å²) in [6.45, 7) is 2.05. The maximum absolute atomic E-state index is 6.21. The zero-order valence-corrected chi connectivity index (χ0v) is 22.7. The third-order valence-corrected chi connectivity index (χ3v) is 8.99. The number of nitrogens with zero attached hydrogens (tertiary/aromatic N) is 4. The van der Waals surface area contributed by atoms with Crippen LogP contribution in [-0.2, 0) is 0 Å². The van der Waals surface area contributed by atoms with E-state index in [9.17, 15) is 0 Å². The van der Waals surface area contributed by atoms with Crippen LogP contribution >= 0.6 is 0 Å². The highest BCUT2D eigenvalue weighted by Gasteiger charge is 2.26. The van der Waals surface area contributed by atoms with E-state index in [-0.39, 0.29) is 6.04 Å². The fourth-order valence-electron chi connectivity index (χ4n) is 6.86. The van der Waals surface area contributed by atoms with Gasteiger partial charge in [-0.1, -0.05) is 48.5 Å². The van der Waals surface area contributed by atoms with Crippen LogP contribution in [0.3, 0.4) is 0 Å². The molecule has 2 aliphatic rings. The summed E-state index contributed by atoms with van der Waals surface area (Å²) in [6, 6.07) is 26.9. The first kappa shape index (κ1) is 23.9. The molecule has 7 heteroatoms. The normalized spacial score (nSPS) is 20.4. The summed E-state index contributed by atoms with van der Waals surface area (Å²) in [6.07, 6.45) is 4.53. The Morgan fingerprint density at radius 2 is 1.25 bits per heavy atom. The lowest BCUT2D eigenvalue weighted by Gasteiger charge is -2.16. The SMILES string of the molecule is [B]N1CCC[C@H]1c1nc2ccc(-c3cccc4c(-c5ccc6nc([C@@H]7CCCN7C)[nH]c6c5)cccc34)cc2[nH]1. The fraction of sp³-hybridized carbons (Fsp3) is 0.273. The van der Waals surface area contributed by atoms with Crippen molar-refractivity contribution >= 4 is 40.8 Å². The van der Waals surface area contributed by atoms with Gasteiger partial charge in [-0.15, -0.1) is 0 Å². The lowest BCUT2D eigenvalue weighted by Crippen LogP contribution is -2.20. The average molecular weight is 522 g/mol. The van der Waals surface area contributed by atoms with Crippen molar-refractivity contribution in [3.8, 4) is 22.3 Å². The first-order valence-electron chi connectivity index (χ1n) is 14.4. The van der Waals surface area contributed by atoms with Crippen LogP contribution in [0.25, 0.3) is 55.1 Å². The number of H-pyrrole nitrogens is 2. The van der Waals surface area contributed by atoms with E-state index < -0.39 is 0 Å². The molecule has 2 aromatic heterocycles. The van der Waals surface area contributed by atoms with E-state index in [1.165, 1.54) is 39.4 Å². The monoisotopic (exact) mass is 522 g/mol. The number of nitrogens with one attached hydrogen (secondary N) is 2. The van der Waals surface area contributed by atoms with E-state index in [1.807, 2.05) is 4.81 Å². The van der Waals surface area contributed by atoms with Crippen molar-refractivity contribution < 1.29 is 0 Å². The number of aromatic nitrogens is 4. The molecule has 6 nitrogen and oxygen atoms in total. The van der Waals surface area contributed by atoms with Crippen LogP contribution in [0, 0.1) is 0 Å². The van der Waals surface area contributed by atoms with Gasteiger partial charge < -0.3 is 14.8 Å². The van der Waals surface area contributed by atoms with Gasteiger partial charge >= 0.3 is 0 Å². The van der Waals surface area contributed by atoms with Gasteiger partial charge in [-0.2, -0.15) is 0 Å². The Morgan fingerprint density at radius 3 is 1.77 bits per heavy atom. The lowest BCUT2D eigenvalue weighted by atomic mass is 9.93. The minimum Gasteiger partial charge on any atom is -0.345 e. The maximum Gasteiger partial charge on any atom is 0.183 e. The second kappa shape index (κ2) is 9.32. The summed E-state index contributed by atoms with van der Waals surface area (Å²) < 4.78 is 0. The van der Waals surface area contributed by atoms with Gasteiger partial charge in [-0.05, 0) is 103 Å². The zero-order chi connectivity index (χ0) is 26.8. The standard InChI is InChI=1S/C33H31BN6/c1-39-16-4-10-30(39)32-35-26-14-12-20(18-28(26)37-32)22-6-2-9-25-23(7-3-8-24(22)25)21-13-15-27-29(19-21)38-33(36-27)31-11-5-17-40(31)34/h2-3,6-9,12-15,18-19,30-31H,4-5,10-11,16-17H2,1H3,(H,35,37)(H,36,38)/t30-,31-/m0/s1. The fourth-order valence-corrected chi connectivity index (χ4v) is 6.86. The third kappa shape index (κ3) is 3.87. The van der Waals surface area contributed by atoms with Crippen LogP contribution in [0.1, 0.15) is 49.4 Å². The summed E-state index contributed by atoms with van der Waals surface area (Å²) in [5.41, 5.74) is 8.97. The quantitative estimate of drug-likeness (QED) is 0.247. The van der Waals surface area contributed by atoms with Gasteiger partial charge in [0.2, 0.25) is 0 Å². The van der Waals surface area contributed by atoms with Crippen molar-refractivity contribution in [3.63, 3.8) is 0 Å². The summed E-state index contributed by atoms with van der Waals surface area (Å²) in [5, 5.41) is 2.48. The Morgan fingerprint density at radius 1 is 0.700 bits per heavy atom. The molecule has 0 saturated carbocycles. The molecule has 0 unspecified atom stereocenters. The Kier molecular flexibility index (Phi) is 5.57. The van der Waals surface area contributed by atoms with Crippen molar-refractivity contribution in [2.75, 3.05) is 20.1 Å². The smallest absolute Gasteiger partial charge is 0.183 e. The summed E-state index contributed by atoms with van der Waals surface area (Å²) in [4.78, 5) is 21.3. The second-order valence-electron chi connectivity index (χ2n) is 11.4. The van der Waals surface area contributed by atoms with Gasteiger partial charge in [0.1, 0.15) is 11.6 Å². The van der Waals surface area contributed by atoms with Crippen LogP contribution < -0.4 is 0 Å².